The largest absolute Gasteiger partial charge is 0.511 e. The Hall–Kier alpha value is -3.71. The van der Waals surface area contributed by atoms with Crippen molar-refractivity contribution < 1.29 is 34.8 Å². The van der Waals surface area contributed by atoms with Gasteiger partial charge in [-0.2, -0.15) is 0 Å². The third kappa shape index (κ3) is 3.71. The Morgan fingerprint density at radius 2 is 1.56 bits per heavy atom. The SMILES string of the molecule is CC(=O)C1=C(O)C(C(C)C)[C@@]2(C)C[C@@]3(C)Cc4c(-c5ccc(C(C)C)cc5)ccc(O)c4C(=O)C3=C(O)[C@@]2(O)C1=O. The van der Waals surface area contributed by atoms with Gasteiger partial charge in [0.05, 0.1) is 5.56 Å². The average molecular weight is 559 g/mol. The second kappa shape index (κ2) is 9.15. The number of phenolic OH excluding ortho intramolecular Hbond substituents is 1. The Balaban J connectivity index is 1.77. The van der Waals surface area contributed by atoms with Gasteiger partial charge in [0.25, 0.3) is 0 Å². The Morgan fingerprint density at radius 3 is 2.10 bits per heavy atom. The van der Waals surface area contributed by atoms with Crippen LogP contribution in [0, 0.1) is 22.7 Å². The van der Waals surface area contributed by atoms with E-state index >= 15 is 0 Å². The Morgan fingerprint density at radius 1 is 0.951 bits per heavy atom. The predicted octanol–water partition coefficient (Wildman–Crippen LogP) is 6.14. The molecular formula is C34H38O7. The highest BCUT2D eigenvalue weighted by molar-refractivity contribution is 6.25. The van der Waals surface area contributed by atoms with Gasteiger partial charge >= 0.3 is 0 Å². The summed E-state index contributed by atoms with van der Waals surface area (Å²) in [5.74, 6) is -4.80. The number of hydrogen-bond acceptors (Lipinski definition) is 7. The third-order valence-corrected chi connectivity index (χ3v) is 9.78. The van der Waals surface area contributed by atoms with Crippen molar-refractivity contribution in [3.63, 3.8) is 0 Å². The number of carbonyl (C=O) groups is 3. The topological polar surface area (TPSA) is 132 Å². The lowest BCUT2D eigenvalue weighted by atomic mass is 9.44. The lowest BCUT2D eigenvalue weighted by Crippen LogP contribution is -2.67. The Labute approximate surface area is 240 Å². The summed E-state index contributed by atoms with van der Waals surface area (Å²) in [5, 5.41) is 46.1. The van der Waals surface area contributed by atoms with E-state index in [1.807, 2.05) is 45.0 Å². The fourth-order valence-corrected chi connectivity index (χ4v) is 8.05. The van der Waals surface area contributed by atoms with Crippen molar-refractivity contribution in [2.24, 2.45) is 22.7 Å². The first-order valence-corrected chi connectivity index (χ1v) is 14.2. The third-order valence-electron chi connectivity index (χ3n) is 9.78. The van der Waals surface area contributed by atoms with E-state index in [0.29, 0.717) is 11.5 Å². The minimum Gasteiger partial charge on any atom is -0.511 e. The molecule has 0 aromatic heterocycles. The molecule has 5 rings (SSSR count). The zero-order valence-electron chi connectivity index (χ0n) is 24.6. The molecule has 3 aliphatic rings. The molecule has 7 heteroatoms. The fraction of sp³-hybridized carbons (Fsp3) is 0.441. The number of rotatable bonds is 4. The van der Waals surface area contributed by atoms with E-state index in [2.05, 4.69) is 13.8 Å². The van der Waals surface area contributed by atoms with Gasteiger partial charge in [0, 0.05) is 22.3 Å². The Bertz CT molecular complexity index is 1570. The monoisotopic (exact) mass is 558 g/mol. The van der Waals surface area contributed by atoms with E-state index in [-0.39, 0.29) is 35.6 Å². The van der Waals surface area contributed by atoms with E-state index in [1.165, 1.54) is 11.6 Å². The van der Waals surface area contributed by atoms with Crippen LogP contribution in [-0.2, 0) is 16.0 Å². The summed E-state index contributed by atoms with van der Waals surface area (Å²) >= 11 is 0. The van der Waals surface area contributed by atoms with Crippen molar-refractivity contribution in [1.29, 1.82) is 0 Å². The highest BCUT2D eigenvalue weighted by Crippen LogP contribution is 2.65. The minimum absolute atomic E-state index is 0.0236. The van der Waals surface area contributed by atoms with Crippen molar-refractivity contribution in [2.75, 3.05) is 0 Å². The highest BCUT2D eigenvalue weighted by atomic mass is 16.3. The first kappa shape index (κ1) is 28.8. The zero-order chi connectivity index (χ0) is 30.4. The van der Waals surface area contributed by atoms with Crippen LogP contribution in [0.1, 0.15) is 82.3 Å². The number of hydrogen-bond donors (Lipinski definition) is 4. The number of aliphatic hydroxyl groups is 3. The van der Waals surface area contributed by atoms with Crippen LogP contribution in [0.3, 0.4) is 0 Å². The van der Waals surface area contributed by atoms with Crippen LogP contribution < -0.4 is 0 Å². The molecule has 0 spiro atoms. The molecule has 0 amide bonds. The van der Waals surface area contributed by atoms with Crippen molar-refractivity contribution in [1.82, 2.24) is 0 Å². The molecule has 0 saturated carbocycles. The molecule has 3 aliphatic carbocycles. The number of carbonyl (C=O) groups excluding carboxylic acids is 3. The summed E-state index contributed by atoms with van der Waals surface area (Å²) in [4.78, 5) is 40.5. The van der Waals surface area contributed by atoms with Crippen LogP contribution in [0.15, 0.2) is 59.1 Å². The van der Waals surface area contributed by atoms with E-state index in [9.17, 15) is 34.8 Å². The van der Waals surface area contributed by atoms with E-state index in [4.69, 9.17) is 0 Å². The van der Waals surface area contributed by atoms with Crippen LogP contribution in [0.5, 0.6) is 5.75 Å². The number of benzene rings is 2. The number of fused-ring (bicyclic) bond motifs is 3. The van der Waals surface area contributed by atoms with E-state index < -0.39 is 56.8 Å². The van der Waals surface area contributed by atoms with Crippen LogP contribution in [0.2, 0.25) is 0 Å². The first-order chi connectivity index (χ1) is 19.0. The van der Waals surface area contributed by atoms with Gasteiger partial charge in [-0.05, 0) is 59.9 Å². The van der Waals surface area contributed by atoms with Crippen molar-refractivity contribution >= 4 is 17.3 Å². The lowest BCUT2D eigenvalue weighted by Gasteiger charge is -2.59. The maximum Gasteiger partial charge on any atom is 0.209 e. The van der Waals surface area contributed by atoms with Gasteiger partial charge in [-0.25, -0.2) is 0 Å². The van der Waals surface area contributed by atoms with Gasteiger partial charge in [0.1, 0.15) is 22.8 Å². The number of aromatic hydroxyl groups is 1. The predicted molar refractivity (Wildman–Crippen MR) is 155 cm³/mol. The molecule has 2 aromatic rings. The standard InChI is InChI=1S/C34H38O7/c1-16(2)19-8-10-20(11-9-19)21-12-13-23(36)25-22(21)14-32(6)15-33(7)26(17(3)4)28(37)24(18(5)35)30(39)34(33,41)31(40)27(32)29(25)38/h8-13,16-17,26,36-37,40-41H,14-15H2,1-7H3/t26?,32-,33-,34+/m1/s1. The molecule has 0 saturated heterocycles. The van der Waals surface area contributed by atoms with Gasteiger partial charge < -0.3 is 20.4 Å². The summed E-state index contributed by atoms with van der Waals surface area (Å²) in [6.45, 7) is 12.4. The highest BCUT2D eigenvalue weighted by Gasteiger charge is 2.71. The van der Waals surface area contributed by atoms with Crippen molar-refractivity contribution in [3.8, 4) is 16.9 Å². The van der Waals surface area contributed by atoms with Gasteiger partial charge in [-0.3, -0.25) is 14.4 Å². The molecule has 4 atom stereocenters. The molecule has 7 nitrogen and oxygen atoms in total. The number of allylic oxidation sites excluding steroid dienone is 2. The van der Waals surface area contributed by atoms with E-state index in [1.54, 1.807) is 13.0 Å². The summed E-state index contributed by atoms with van der Waals surface area (Å²) < 4.78 is 0. The number of aliphatic hydroxyl groups excluding tert-OH is 2. The molecular weight excluding hydrogens is 520 g/mol. The van der Waals surface area contributed by atoms with Crippen LogP contribution in [0.25, 0.3) is 11.1 Å². The van der Waals surface area contributed by atoms with E-state index in [0.717, 1.165) is 18.1 Å². The number of ketones is 3. The molecule has 0 heterocycles. The molecule has 41 heavy (non-hydrogen) atoms. The van der Waals surface area contributed by atoms with Crippen LogP contribution in [-0.4, -0.2) is 43.4 Å². The van der Waals surface area contributed by atoms with Gasteiger partial charge in [0.15, 0.2) is 17.2 Å². The summed E-state index contributed by atoms with van der Waals surface area (Å²) in [6.07, 6.45) is 0.296. The molecule has 2 aromatic carbocycles. The molecule has 0 radical (unpaired) electrons. The fourth-order valence-electron chi connectivity index (χ4n) is 8.05. The normalized spacial score (nSPS) is 29.6. The smallest absolute Gasteiger partial charge is 0.209 e. The first-order valence-electron chi connectivity index (χ1n) is 14.2. The molecule has 0 fully saturated rings. The average Bonchev–Trinajstić information content (AvgIpc) is 2.86. The van der Waals surface area contributed by atoms with Crippen LogP contribution >= 0.6 is 0 Å². The summed E-state index contributed by atoms with van der Waals surface area (Å²) in [7, 11) is 0. The quantitative estimate of drug-likeness (QED) is 0.332. The van der Waals surface area contributed by atoms with Crippen LogP contribution in [0.4, 0.5) is 0 Å². The maximum atomic E-state index is 14.2. The molecule has 1 unspecified atom stereocenters. The molecule has 0 bridgehead atoms. The summed E-state index contributed by atoms with van der Waals surface area (Å²) in [5.41, 5.74) is -2.37. The second-order valence-electron chi connectivity index (χ2n) is 13.2. The van der Waals surface area contributed by atoms with Gasteiger partial charge in [0.2, 0.25) is 5.78 Å². The van der Waals surface area contributed by atoms with Crippen molar-refractivity contribution in [2.45, 2.75) is 72.8 Å². The zero-order valence-corrected chi connectivity index (χ0v) is 24.6. The van der Waals surface area contributed by atoms with Gasteiger partial charge in [-0.1, -0.05) is 71.9 Å². The molecule has 0 aliphatic heterocycles. The Kier molecular flexibility index (Phi) is 6.43. The molecule has 4 N–H and O–H groups in total. The second-order valence-corrected chi connectivity index (χ2v) is 13.2. The van der Waals surface area contributed by atoms with Gasteiger partial charge in [-0.15, -0.1) is 0 Å². The number of phenols is 1. The molecule has 216 valence electrons. The van der Waals surface area contributed by atoms with Crippen molar-refractivity contribution in [3.05, 3.63) is 75.8 Å². The maximum absolute atomic E-state index is 14.2. The summed E-state index contributed by atoms with van der Waals surface area (Å²) in [6, 6.07) is 11.3. The number of Topliss-reactive ketones (excluding diaryl/α,β-unsaturated/α-hetero) is 3. The lowest BCUT2D eigenvalue weighted by molar-refractivity contribution is -0.171. The minimum atomic E-state index is -2.61.